The Hall–Kier alpha value is -0.450. The molecule has 0 unspecified atom stereocenters. The minimum Gasteiger partial charge on any atom is -0.375 e. The molecule has 0 amide bonds. The van der Waals surface area contributed by atoms with Crippen molar-refractivity contribution in [2.45, 2.75) is 45.8 Å². The first-order chi connectivity index (χ1) is 8.38. The van der Waals surface area contributed by atoms with E-state index in [-0.39, 0.29) is 0 Å². The van der Waals surface area contributed by atoms with Gasteiger partial charge in [-0.05, 0) is 25.3 Å². The number of hydrogen-bond donors (Lipinski definition) is 1. The Bertz CT molecular complexity index is 321. The van der Waals surface area contributed by atoms with Crippen molar-refractivity contribution in [3.05, 3.63) is 16.1 Å². The van der Waals surface area contributed by atoms with Crippen LogP contribution >= 0.6 is 11.3 Å². The second-order valence-electron chi connectivity index (χ2n) is 4.68. The number of aromatic nitrogens is 1. The lowest BCUT2D eigenvalue weighted by atomic mass is 10.1. The fourth-order valence-electron chi connectivity index (χ4n) is 2.24. The Labute approximate surface area is 108 Å². The summed E-state index contributed by atoms with van der Waals surface area (Å²) in [5.41, 5.74) is 1.08. The lowest BCUT2D eigenvalue weighted by molar-refractivity contribution is 0.0869. The zero-order valence-electron chi connectivity index (χ0n) is 10.6. The van der Waals surface area contributed by atoms with Gasteiger partial charge in [0.15, 0.2) is 0 Å². The molecular weight excluding hydrogens is 232 g/mol. The maximum Gasteiger partial charge on any atom is 0.107 e. The van der Waals surface area contributed by atoms with Crippen molar-refractivity contribution in [3.63, 3.8) is 0 Å². The van der Waals surface area contributed by atoms with Crippen LogP contribution < -0.4 is 5.32 Å². The molecule has 1 aromatic heterocycles. The summed E-state index contributed by atoms with van der Waals surface area (Å²) in [6.45, 7) is 5.58. The van der Waals surface area contributed by atoms with Crippen LogP contribution in [0.2, 0.25) is 0 Å². The molecule has 0 radical (unpaired) electrons. The lowest BCUT2D eigenvalue weighted by Gasteiger charge is -2.08. The largest absolute Gasteiger partial charge is 0.375 e. The van der Waals surface area contributed by atoms with E-state index < -0.39 is 0 Å². The van der Waals surface area contributed by atoms with Gasteiger partial charge in [0, 0.05) is 18.5 Å². The Kier molecular flexibility index (Phi) is 5.42. The first-order valence-electron chi connectivity index (χ1n) is 6.60. The van der Waals surface area contributed by atoms with E-state index in [4.69, 9.17) is 4.74 Å². The van der Waals surface area contributed by atoms with Crippen molar-refractivity contribution in [2.24, 2.45) is 5.92 Å². The second-order valence-corrected chi connectivity index (χ2v) is 5.62. The van der Waals surface area contributed by atoms with Crippen LogP contribution in [0, 0.1) is 5.92 Å². The number of nitrogens with zero attached hydrogens (tertiary/aromatic N) is 1. The molecule has 1 aromatic rings. The van der Waals surface area contributed by atoms with E-state index in [1.54, 1.807) is 11.3 Å². The van der Waals surface area contributed by atoms with Crippen LogP contribution in [0.3, 0.4) is 0 Å². The molecule has 4 heteroatoms. The molecule has 0 aromatic carbocycles. The molecule has 2 rings (SSSR count). The van der Waals surface area contributed by atoms with Gasteiger partial charge in [-0.2, -0.15) is 0 Å². The van der Waals surface area contributed by atoms with E-state index in [2.05, 4.69) is 22.6 Å². The summed E-state index contributed by atoms with van der Waals surface area (Å²) in [6, 6.07) is 0. The summed E-state index contributed by atoms with van der Waals surface area (Å²) >= 11 is 1.72. The molecule has 0 bridgehead atoms. The van der Waals surface area contributed by atoms with Crippen LogP contribution in [0.1, 0.15) is 43.3 Å². The number of nitrogens with one attached hydrogen (secondary N) is 1. The van der Waals surface area contributed by atoms with Crippen molar-refractivity contribution in [2.75, 3.05) is 13.2 Å². The topological polar surface area (TPSA) is 34.2 Å². The average molecular weight is 254 g/mol. The molecule has 96 valence electrons. The van der Waals surface area contributed by atoms with Gasteiger partial charge in [0.2, 0.25) is 0 Å². The highest BCUT2D eigenvalue weighted by molar-refractivity contribution is 7.09. The van der Waals surface area contributed by atoms with Gasteiger partial charge in [-0.15, -0.1) is 11.3 Å². The highest BCUT2D eigenvalue weighted by Crippen LogP contribution is 2.25. The predicted molar refractivity (Wildman–Crippen MR) is 71.1 cm³/mol. The fraction of sp³-hybridized carbons (Fsp3) is 0.769. The van der Waals surface area contributed by atoms with E-state index >= 15 is 0 Å². The zero-order chi connectivity index (χ0) is 11.9. The molecule has 0 aliphatic heterocycles. The zero-order valence-corrected chi connectivity index (χ0v) is 11.4. The summed E-state index contributed by atoms with van der Waals surface area (Å²) < 4.78 is 5.75. The third kappa shape index (κ3) is 4.37. The molecule has 1 saturated carbocycles. The standard InChI is InChI=1S/C13H22N2OS/c1-2-14-7-13-15-12(10-17-13)9-16-8-11-5-3-4-6-11/h10-11,14H,2-9H2,1H3. The van der Waals surface area contributed by atoms with Gasteiger partial charge in [-0.3, -0.25) is 0 Å². The average Bonchev–Trinajstić information content (AvgIpc) is 2.98. The molecule has 1 fully saturated rings. The normalized spacial score (nSPS) is 16.8. The third-order valence-corrected chi connectivity index (χ3v) is 4.10. The molecule has 1 aliphatic rings. The van der Waals surface area contributed by atoms with E-state index in [9.17, 15) is 0 Å². The summed E-state index contributed by atoms with van der Waals surface area (Å²) in [6.07, 6.45) is 5.47. The Morgan fingerprint density at radius 2 is 2.29 bits per heavy atom. The van der Waals surface area contributed by atoms with E-state index in [0.717, 1.165) is 36.3 Å². The van der Waals surface area contributed by atoms with Gasteiger partial charge in [-0.1, -0.05) is 19.8 Å². The quantitative estimate of drug-likeness (QED) is 0.812. The first-order valence-corrected chi connectivity index (χ1v) is 7.48. The molecular formula is C13H22N2OS. The number of ether oxygens (including phenoxy) is 1. The van der Waals surface area contributed by atoms with Crippen LogP contribution in [0.5, 0.6) is 0 Å². The van der Waals surface area contributed by atoms with Crippen molar-refractivity contribution >= 4 is 11.3 Å². The molecule has 1 aliphatic carbocycles. The Balaban J connectivity index is 1.65. The van der Waals surface area contributed by atoms with E-state index in [1.807, 2.05) is 0 Å². The number of rotatable bonds is 7. The van der Waals surface area contributed by atoms with Gasteiger partial charge in [0.05, 0.1) is 12.3 Å². The maximum absolute atomic E-state index is 5.75. The minimum atomic E-state index is 0.680. The van der Waals surface area contributed by atoms with Crippen molar-refractivity contribution < 1.29 is 4.74 Å². The Morgan fingerprint density at radius 3 is 3.06 bits per heavy atom. The van der Waals surface area contributed by atoms with Crippen LogP contribution in [-0.4, -0.2) is 18.1 Å². The molecule has 1 N–H and O–H groups in total. The third-order valence-electron chi connectivity index (χ3n) is 3.20. The molecule has 0 spiro atoms. The molecule has 3 nitrogen and oxygen atoms in total. The minimum absolute atomic E-state index is 0.680. The SMILES string of the molecule is CCNCc1nc(COCC2CCCC2)cs1. The number of thiazole rings is 1. The van der Waals surface area contributed by atoms with Gasteiger partial charge < -0.3 is 10.1 Å². The van der Waals surface area contributed by atoms with Gasteiger partial charge >= 0.3 is 0 Å². The summed E-state index contributed by atoms with van der Waals surface area (Å²) in [4.78, 5) is 4.54. The van der Waals surface area contributed by atoms with E-state index in [0.29, 0.717) is 6.61 Å². The molecule has 17 heavy (non-hydrogen) atoms. The molecule has 0 atom stereocenters. The van der Waals surface area contributed by atoms with Crippen molar-refractivity contribution in [3.8, 4) is 0 Å². The van der Waals surface area contributed by atoms with Crippen LogP contribution in [0.4, 0.5) is 0 Å². The maximum atomic E-state index is 5.75. The highest BCUT2D eigenvalue weighted by Gasteiger charge is 2.14. The second kappa shape index (κ2) is 7.09. The summed E-state index contributed by atoms with van der Waals surface area (Å²) in [7, 11) is 0. The first kappa shape index (κ1) is 13.0. The van der Waals surface area contributed by atoms with Gasteiger partial charge in [0.25, 0.3) is 0 Å². The molecule has 0 saturated heterocycles. The van der Waals surface area contributed by atoms with E-state index in [1.165, 1.54) is 25.7 Å². The number of hydrogen-bond acceptors (Lipinski definition) is 4. The monoisotopic (exact) mass is 254 g/mol. The molecule has 1 heterocycles. The lowest BCUT2D eigenvalue weighted by Crippen LogP contribution is -2.11. The smallest absolute Gasteiger partial charge is 0.107 e. The van der Waals surface area contributed by atoms with Gasteiger partial charge in [-0.25, -0.2) is 4.98 Å². The summed E-state index contributed by atoms with van der Waals surface area (Å²) in [5, 5.41) is 6.56. The summed E-state index contributed by atoms with van der Waals surface area (Å²) in [5.74, 6) is 0.801. The predicted octanol–water partition coefficient (Wildman–Crippen LogP) is 2.96. The van der Waals surface area contributed by atoms with Crippen molar-refractivity contribution in [1.29, 1.82) is 0 Å². The Morgan fingerprint density at radius 1 is 1.47 bits per heavy atom. The van der Waals surface area contributed by atoms with Crippen molar-refractivity contribution in [1.82, 2.24) is 10.3 Å². The van der Waals surface area contributed by atoms with Crippen LogP contribution in [0.15, 0.2) is 5.38 Å². The van der Waals surface area contributed by atoms with Crippen LogP contribution in [-0.2, 0) is 17.9 Å². The fourth-order valence-corrected chi connectivity index (χ4v) is 2.98. The van der Waals surface area contributed by atoms with Gasteiger partial charge in [0.1, 0.15) is 5.01 Å². The van der Waals surface area contributed by atoms with Crippen LogP contribution in [0.25, 0.3) is 0 Å². The highest BCUT2D eigenvalue weighted by atomic mass is 32.1.